The Labute approximate surface area is 101 Å². The molecule has 0 aromatic carbocycles. The van der Waals surface area contributed by atoms with Crippen LogP contribution in [0.2, 0.25) is 4.34 Å². The van der Waals surface area contributed by atoms with Crippen LogP contribution in [0.15, 0.2) is 12.1 Å². The van der Waals surface area contributed by atoms with Crippen molar-refractivity contribution >= 4 is 22.9 Å². The van der Waals surface area contributed by atoms with Gasteiger partial charge in [0.1, 0.15) is 0 Å². The largest absolute Gasteiger partial charge is 0.307 e. The number of thiophene rings is 1. The summed E-state index contributed by atoms with van der Waals surface area (Å²) in [5.41, 5.74) is 0.177. The van der Waals surface area contributed by atoms with E-state index in [1.165, 1.54) is 24.1 Å². The van der Waals surface area contributed by atoms with Gasteiger partial charge in [0.2, 0.25) is 0 Å². The third-order valence-corrected chi connectivity index (χ3v) is 4.85. The zero-order chi connectivity index (χ0) is 10.9. The molecule has 1 saturated heterocycles. The van der Waals surface area contributed by atoms with Crippen molar-refractivity contribution in [2.75, 3.05) is 6.54 Å². The Kier molecular flexibility index (Phi) is 3.39. The molecule has 1 atom stereocenters. The molecule has 0 radical (unpaired) electrons. The maximum absolute atomic E-state index is 6.04. The molecule has 0 amide bonds. The molecule has 1 unspecified atom stereocenters. The van der Waals surface area contributed by atoms with E-state index < -0.39 is 0 Å². The highest BCUT2D eigenvalue weighted by atomic mass is 35.5. The molecule has 1 aromatic rings. The van der Waals surface area contributed by atoms with E-state index >= 15 is 0 Å². The number of rotatable bonds is 2. The molecule has 1 aliphatic rings. The molecule has 1 nitrogen and oxygen atoms in total. The molecule has 1 N–H and O–H groups in total. The fourth-order valence-electron chi connectivity index (χ4n) is 2.47. The lowest BCUT2D eigenvalue weighted by atomic mass is 9.78. The minimum absolute atomic E-state index is 0.177. The van der Waals surface area contributed by atoms with E-state index in [0.29, 0.717) is 5.92 Å². The topological polar surface area (TPSA) is 12.0 Å². The Hall–Kier alpha value is -0.0500. The summed E-state index contributed by atoms with van der Waals surface area (Å²) >= 11 is 7.76. The van der Waals surface area contributed by atoms with Gasteiger partial charge in [-0.2, -0.15) is 0 Å². The van der Waals surface area contributed by atoms with Crippen LogP contribution in [0, 0.1) is 5.92 Å². The van der Waals surface area contributed by atoms with E-state index in [2.05, 4.69) is 25.2 Å². The molecule has 2 heterocycles. The SMILES string of the molecule is CC(C)C1(c2ccc(Cl)s2)CCCCN1. The quantitative estimate of drug-likeness (QED) is 0.827. The summed E-state index contributed by atoms with van der Waals surface area (Å²) in [6.07, 6.45) is 3.86. The highest BCUT2D eigenvalue weighted by Crippen LogP contribution is 2.41. The number of piperidine rings is 1. The molecule has 0 spiro atoms. The smallest absolute Gasteiger partial charge is 0.0931 e. The lowest BCUT2D eigenvalue weighted by molar-refractivity contribution is 0.189. The lowest BCUT2D eigenvalue weighted by Gasteiger charge is -2.41. The predicted molar refractivity (Wildman–Crippen MR) is 67.7 cm³/mol. The van der Waals surface area contributed by atoms with Crippen LogP contribution in [-0.4, -0.2) is 6.54 Å². The average molecular weight is 244 g/mol. The molecular formula is C12H18ClNS. The van der Waals surface area contributed by atoms with Crippen LogP contribution in [0.4, 0.5) is 0 Å². The Balaban J connectivity index is 2.33. The van der Waals surface area contributed by atoms with Gasteiger partial charge in [-0.25, -0.2) is 0 Å². The van der Waals surface area contributed by atoms with Crippen LogP contribution >= 0.6 is 22.9 Å². The van der Waals surface area contributed by atoms with E-state index in [1.807, 2.05) is 6.07 Å². The Bertz CT molecular complexity index is 326. The van der Waals surface area contributed by atoms with Crippen LogP contribution in [0.1, 0.15) is 38.0 Å². The summed E-state index contributed by atoms with van der Waals surface area (Å²) in [5.74, 6) is 0.618. The van der Waals surface area contributed by atoms with Gasteiger partial charge in [0.15, 0.2) is 0 Å². The Morgan fingerprint density at radius 2 is 2.20 bits per heavy atom. The second-order valence-corrected chi connectivity index (χ2v) is 6.33. The number of hydrogen-bond donors (Lipinski definition) is 1. The molecule has 1 aromatic heterocycles. The van der Waals surface area contributed by atoms with Crippen molar-refractivity contribution in [2.24, 2.45) is 5.92 Å². The summed E-state index contributed by atoms with van der Waals surface area (Å²) < 4.78 is 0.900. The minimum Gasteiger partial charge on any atom is -0.307 e. The van der Waals surface area contributed by atoms with Crippen LogP contribution < -0.4 is 5.32 Å². The van der Waals surface area contributed by atoms with Crippen molar-refractivity contribution in [3.8, 4) is 0 Å². The Morgan fingerprint density at radius 3 is 2.67 bits per heavy atom. The molecule has 3 heteroatoms. The first-order chi connectivity index (χ1) is 7.15. The van der Waals surface area contributed by atoms with Crippen LogP contribution in [-0.2, 0) is 5.54 Å². The Morgan fingerprint density at radius 1 is 1.40 bits per heavy atom. The minimum atomic E-state index is 0.177. The summed E-state index contributed by atoms with van der Waals surface area (Å²) in [4.78, 5) is 1.40. The molecule has 15 heavy (non-hydrogen) atoms. The molecule has 84 valence electrons. The number of nitrogens with one attached hydrogen (secondary N) is 1. The number of hydrogen-bond acceptors (Lipinski definition) is 2. The first-order valence-electron chi connectivity index (χ1n) is 5.66. The van der Waals surface area contributed by atoms with Crippen molar-refractivity contribution in [2.45, 2.75) is 38.6 Å². The van der Waals surface area contributed by atoms with E-state index in [9.17, 15) is 0 Å². The van der Waals surface area contributed by atoms with E-state index in [-0.39, 0.29) is 5.54 Å². The fraction of sp³-hybridized carbons (Fsp3) is 0.667. The van der Waals surface area contributed by atoms with Gasteiger partial charge < -0.3 is 5.32 Å². The van der Waals surface area contributed by atoms with E-state index in [1.54, 1.807) is 11.3 Å². The zero-order valence-corrected chi connectivity index (χ0v) is 10.9. The van der Waals surface area contributed by atoms with Crippen molar-refractivity contribution in [3.05, 3.63) is 21.3 Å². The van der Waals surface area contributed by atoms with E-state index in [0.717, 1.165) is 10.9 Å². The standard InChI is InChI=1S/C12H18ClNS/c1-9(2)12(7-3-4-8-14-12)10-5-6-11(13)15-10/h5-6,9,14H,3-4,7-8H2,1-2H3. The van der Waals surface area contributed by atoms with Gasteiger partial charge in [0, 0.05) is 4.88 Å². The van der Waals surface area contributed by atoms with Crippen LogP contribution in [0.5, 0.6) is 0 Å². The highest BCUT2D eigenvalue weighted by Gasteiger charge is 2.37. The van der Waals surface area contributed by atoms with Gasteiger partial charge in [-0.15, -0.1) is 11.3 Å². The molecule has 2 rings (SSSR count). The lowest BCUT2D eigenvalue weighted by Crippen LogP contribution is -2.49. The second-order valence-electron chi connectivity index (χ2n) is 4.61. The monoisotopic (exact) mass is 243 g/mol. The van der Waals surface area contributed by atoms with Crippen LogP contribution in [0.25, 0.3) is 0 Å². The normalized spacial score (nSPS) is 27.2. The average Bonchev–Trinajstić information content (AvgIpc) is 2.66. The van der Waals surface area contributed by atoms with Gasteiger partial charge in [0.05, 0.1) is 9.88 Å². The predicted octanol–water partition coefficient (Wildman–Crippen LogP) is 4.03. The maximum Gasteiger partial charge on any atom is 0.0931 e. The van der Waals surface area contributed by atoms with Gasteiger partial charge >= 0.3 is 0 Å². The molecule has 0 aliphatic carbocycles. The van der Waals surface area contributed by atoms with E-state index in [4.69, 9.17) is 11.6 Å². The van der Waals surface area contributed by atoms with Crippen molar-refractivity contribution in [1.82, 2.24) is 5.32 Å². The van der Waals surface area contributed by atoms with Crippen molar-refractivity contribution < 1.29 is 0 Å². The fourth-order valence-corrected chi connectivity index (χ4v) is 3.86. The molecule has 1 aliphatic heterocycles. The van der Waals surface area contributed by atoms with Gasteiger partial charge in [0.25, 0.3) is 0 Å². The molecular weight excluding hydrogens is 226 g/mol. The van der Waals surface area contributed by atoms with Gasteiger partial charge in [-0.3, -0.25) is 0 Å². The molecule has 0 bridgehead atoms. The van der Waals surface area contributed by atoms with Crippen molar-refractivity contribution in [3.63, 3.8) is 0 Å². The van der Waals surface area contributed by atoms with Gasteiger partial charge in [-0.05, 0) is 43.9 Å². The zero-order valence-electron chi connectivity index (χ0n) is 9.35. The van der Waals surface area contributed by atoms with Crippen molar-refractivity contribution in [1.29, 1.82) is 0 Å². The van der Waals surface area contributed by atoms with Crippen LogP contribution in [0.3, 0.4) is 0 Å². The molecule has 1 fully saturated rings. The van der Waals surface area contributed by atoms with Gasteiger partial charge in [-0.1, -0.05) is 25.4 Å². The summed E-state index contributed by atoms with van der Waals surface area (Å²) in [5, 5.41) is 3.71. The summed E-state index contributed by atoms with van der Waals surface area (Å²) in [7, 11) is 0. The third-order valence-electron chi connectivity index (χ3n) is 3.44. The summed E-state index contributed by atoms with van der Waals surface area (Å²) in [6, 6.07) is 4.20. The molecule has 0 saturated carbocycles. The first kappa shape index (κ1) is 11.4. The highest BCUT2D eigenvalue weighted by molar-refractivity contribution is 7.16. The number of halogens is 1. The second kappa shape index (κ2) is 4.44. The third kappa shape index (κ3) is 2.08. The maximum atomic E-state index is 6.04. The first-order valence-corrected chi connectivity index (χ1v) is 6.85. The summed E-state index contributed by atoms with van der Waals surface area (Å²) in [6.45, 7) is 5.73.